The molecule has 1 aromatic heterocycles. The molecule has 2 aromatic rings. The summed E-state index contributed by atoms with van der Waals surface area (Å²) in [6.45, 7) is 0. The maximum absolute atomic E-state index is 5.50. The van der Waals surface area contributed by atoms with Gasteiger partial charge in [-0.05, 0) is 24.4 Å². The minimum absolute atomic E-state index is 0.0292. The summed E-state index contributed by atoms with van der Waals surface area (Å²) in [5.41, 5.74) is 17.8. The van der Waals surface area contributed by atoms with Crippen LogP contribution >= 0.6 is 12.2 Å². The molecule has 0 aliphatic heterocycles. The summed E-state index contributed by atoms with van der Waals surface area (Å²) >= 11 is 4.86. The summed E-state index contributed by atoms with van der Waals surface area (Å²) in [6, 6.07) is 5.19. The maximum Gasteiger partial charge on any atom is 0.266 e. The number of hydrogen-bond donors (Lipinski definition) is 4. The number of oxazole rings is 1. The third-order valence-corrected chi connectivity index (χ3v) is 2.08. The molecule has 0 bridgehead atoms. The van der Waals surface area contributed by atoms with Gasteiger partial charge in [0.05, 0.1) is 11.2 Å². The SMILES string of the molecule is NC(N)=NC(N)=Nc1ccc2[nH]c(=S)oc2c1. The zero-order valence-corrected chi connectivity index (χ0v) is 9.49. The van der Waals surface area contributed by atoms with E-state index in [-0.39, 0.29) is 11.9 Å². The highest BCUT2D eigenvalue weighted by Crippen LogP contribution is 2.20. The fraction of sp³-hybridized carbons (Fsp3) is 0. The van der Waals surface area contributed by atoms with Gasteiger partial charge in [-0.15, -0.1) is 0 Å². The number of nitrogens with zero attached hydrogens (tertiary/aromatic N) is 2. The smallest absolute Gasteiger partial charge is 0.266 e. The van der Waals surface area contributed by atoms with Gasteiger partial charge in [0.1, 0.15) is 0 Å². The molecule has 0 atom stereocenters. The van der Waals surface area contributed by atoms with Gasteiger partial charge in [0.2, 0.25) is 5.96 Å². The van der Waals surface area contributed by atoms with Crippen molar-refractivity contribution in [3.05, 3.63) is 23.0 Å². The first-order valence-corrected chi connectivity index (χ1v) is 5.02. The second kappa shape index (κ2) is 4.26. The molecule has 7 nitrogen and oxygen atoms in total. The normalized spacial score (nSPS) is 11.6. The van der Waals surface area contributed by atoms with Crippen molar-refractivity contribution in [3.8, 4) is 0 Å². The molecule has 0 spiro atoms. The van der Waals surface area contributed by atoms with Crippen LogP contribution in [0.3, 0.4) is 0 Å². The van der Waals surface area contributed by atoms with Crippen molar-refractivity contribution in [3.63, 3.8) is 0 Å². The van der Waals surface area contributed by atoms with Crippen LogP contribution in [-0.4, -0.2) is 16.9 Å². The van der Waals surface area contributed by atoms with Crippen molar-refractivity contribution < 1.29 is 4.42 Å². The first-order chi connectivity index (χ1) is 8.04. The van der Waals surface area contributed by atoms with Crippen LogP contribution in [0.2, 0.25) is 0 Å². The number of nitrogens with two attached hydrogens (primary N) is 3. The summed E-state index contributed by atoms with van der Waals surface area (Å²) in [7, 11) is 0. The van der Waals surface area contributed by atoms with Crippen molar-refractivity contribution in [1.82, 2.24) is 4.98 Å². The third kappa shape index (κ3) is 2.61. The Kier molecular flexibility index (Phi) is 2.79. The molecule has 0 aliphatic rings. The average Bonchev–Trinajstić information content (AvgIpc) is 2.55. The first kappa shape index (κ1) is 11.1. The third-order valence-electron chi connectivity index (χ3n) is 1.89. The number of rotatable bonds is 1. The van der Waals surface area contributed by atoms with Crippen molar-refractivity contribution >= 4 is 40.9 Å². The van der Waals surface area contributed by atoms with Crippen LogP contribution in [-0.2, 0) is 0 Å². The molecule has 2 rings (SSSR count). The zero-order chi connectivity index (χ0) is 12.4. The van der Waals surface area contributed by atoms with Crippen molar-refractivity contribution in [1.29, 1.82) is 0 Å². The van der Waals surface area contributed by atoms with E-state index in [0.717, 1.165) is 5.52 Å². The predicted octanol–water partition coefficient (Wildman–Crippen LogP) is 0.710. The lowest BCUT2D eigenvalue weighted by Crippen LogP contribution is -2.26. The second-order valence-electron chi connectivity index (χ2n) is 3.20. The molecule has 8 heteroatoms. The molecular weight excluding hydrogens is 240 g/mol. The van der Waals surface area contributed by atoms with E-state index >= 15 is 0 Å². The number of fused-ring (bicyclic) bond motifs is 1. The molecule has 7 N–H and O–H groups in total. The number of benzene rings is 1. The fourth-order valence-electron chi connectivity index (χ4n) is 1.29. The maximum atomic E-state index is 5.50. The van der Waals surface area contributed by atoms with Gasteiger partial charge >= 0.3 is 0 Å². The Morgan fingerprint density at radius 2 is 2.06 bits per heavy atom. The van der Waals surface area contributed by atoms with Gasteiger partial charge in [-0.25, -0.2) is 4.99 Å². The van der Waals surface area contributed by atoms with Gasteiger partial charge < -0.3 is 26.6 Å². The molecule has 0 saturated carbocycles. The van der Waals surface area contributed by atoms with Crippen molar-refractivity contribution in [2.24, 2.45) is 27.2 Å². The number of guanidine groups is 2. The van der Waals surface area contributed by atoms with E-state index in [1.807, 2.05) is 0 Å². The molecule has 0 aliphatic carbocycles. The molecule has 0 amide bonds. The molecule has 0 fully saturated rings. The van der Waals surface area contributed by atoms with Crippen LogP contribution in [0.4, 0.5) is 5.69 Å². The van der Waals surface area contributed by atoms with E-state index in [2.05, 4.69) is 15.0 Å². The Hall–Kier alpha value is -2.35. The van der Waals surface area contributed by atoms with Gasteiger partial charge in [0.25, 0.3) is 4.84 Å². The van der Waals surface area contributed by atoms with Gasteiger partial charge in [-0.1, -0.05) is 0 Å². The van der Waals surface area contributed by atoms with Gasteiger partial charge in [0, 0.05) is 6.07 Å². The number of aromatic nitrogens is 1. The fourth-order valence-corrected chi connectivity index (χ4v) is 1.49. The molecule has 0 unspecified atom stereocenters. The van der Waals surface area contributed by atoms with Crippen LogP contribution < -0.4 is 17.2 Å². The molecular formula is C9H10N6OS. The minimum atomic E-state index is -0.147. The monoisotopic (exact) mass is 250 g/mol. The van der Waals surface area contributed by atoms with Crippen molar-refractivity contribution in [2.45, 2.75) is 0 Å². The number of nitrogens with one attached hydrogen (secondary N) is 1. The minimum Gasteiger partial charge on any atom is -0.429 e. The lowest BCUT2D eigenvalue weighted by molar-refractivity contribution is 0.583. The standard InChI is InChI=1S/C9H10N6OS/c10-7(11)15-8(12)13-4-1-2-5-6(3-4)16-9(17)14-5/h1-3H,(H,14,17)(H6,10,11,12,13,15). The predicted molar refractivity (Wildman–Crippen MR) is 68.5 cm³/mol. The Morgan fingerprint density at radius 3 is 2.76 bits per heavy atom. The Morgan fingerprint density at radius 1 is 1.29 bits per heavy atom. The summed E-state index contributed by atoms with van der Waals surface area (Å²) in [6.07, 6.45) is 0. The van der Waals surface area contributed by atoms with Crippen molar-refractivity contribution in [2.75, 3.05) is 0 Å². The largest absolute Gasteiger partial charge is 0.429 e. The van der Waals surface area contributed by atoms with E-state index in [0.29, 0.717) is 16.1 Å². The lowest BCUT2D eigenvalue weighted by Gasteiger charge is -1.95. The molecule has 17 heavy (non-hydrogen) atoms. The quantitative estimate of drug-likeness (QED) is 0.336. The molecule has 1 heterocycles. The topological polar surface area (TPSA) is 132 Å². The van der Waals surface area contributed by atoms with Crippen LogP contribution in [0.5, 0.6) is 0 Å². The highest BCUT2D eigenvalue weighted by Gasteiger charge is 2.00. The van der Waals surface area contributed by atoms with Crippen LogP contribution in [0, 0.1) is 4.84 Å². The Balaban J connectivity index is 2.43. The van der Waals surface area contributed by atoms with Crippen LogP contribution in [0.15, 0.2) is 32.6 Å². The summed E-state index contributed by atoms with van der Waals surface area (Å²) < 4.78 is 5.24. The van der Waals surface area contributed by atoms with Gasteiger partial charge in [-0.2, -0.15) is 4.99 Å². The van der Waals surface area contributed by atoms with E-state index in [1.54, 1.807) is 18.2 Å². The van der Waals surface area contributed by atoms with Gasteiger partial charge in [-0.3, -0.25) is 0 Å². The summed E-state index contributed by atoms with van der Waals surface area (Å²) in [5, 5.41) is 0. The molecule has 0 radical (unpaired) electrons. The summed E-state index contributed by atoms with van der Waals surface area (Å²) in [5.74, 6) is -0.176. The van der Waals surface area contributed by atoms with Crippen LogP contribution in [0.25, 0.3) is 11.1 Å². The highest BCUT2D eigenvalue weighted by molar-refractivity contribution is 7.71. The Bertz CT molecular complexity index is 663. The molecule has 1 aromatic carbocycles. The number of hydrogen-bond acceptors (Lipinski definition) is 3. The van der Waals surface area contributed by atoms with E-state index in [4.69, 9.17) is 33.8 Å². The highest BCUT2D eigenvalue weighted by atomic mass is 32.1. The molecule has 0 saturated heterocycles. The van der Waals surface area contributed by atoms with Crippen LogP contribution in [0.1, 0.15) is 0 Å². The first-order valence-electron chi connectivity index (χ1n) is 4.61. The number of H-pyrrole nitrogens is 1. The number of aliphatic imine (C=N–C) groups is 2. The number of aromatic amines is 1. The average molecular weight is 250 g/mol. The zero-order valence-electron chi connectivity index (χ0n) is 8.68. The van der Waals surface area contributed by atoms with Gasteiger partial charge in [0.15, 0.2) is 11.5 Å². The second-order valence-corrected chi connectivity index (χ2v) is 3.57. The Labute approximate surface area is 101 Å². The van der Waals surface area contributed by atoms with E-state index in [9.17, 15) is 0 Å². The summed E-state index contributed by atoms with van der Waals surface area (Å²) in [4.78, 5) is 10.8. The lowest BCUT2D eigenvalue weighted by atomic mass is 10.3. The van der Waals surface area contributed by atoms with E-state index in [1.165, 1.54) is 0 Å². The van der Waals surface area contributed by atoms with E-state index < -0.39 is 0 Å². The molecule has 88 valence electrons.